The standard InChI is InChI=1S/C8H16N4S/c1-3-5-12(6-4-9-2)8-11-10-7-13-8/h7,9H,3-6H2,1-2H3. The maximum Gasteiger partial charge on any atom is 0.208 e. The van der Waals surface area contributed by atoms with Gasteiger partial charge >= 0.3 is 0 Å². The van der Waals surface area contributed by atoms with Gasteiger partial charge in [-0.25, -0.2) is 0 Å². The van der Waals surface area contributed by atoms with Crippen LogP contribution < -0.4 is 10.2 Å². The summed E-state index contributed by atoms with van der Waals surface area (Å²) in [5.74, 6) is 0. The van der Waals surface area contributed by atoms with Gasteiger partial charge in [-0.2, -0.15) is 0 Å². The summed E-state index contributed by atoms with van der Waals surface area (Å²) >= 11 is 1.60. The number of anilines is 1. The minimum Gasteiger partial charge on any atom is -0.345 e. The lowest BCUT2D eigenvalue weighted by atomic mass is 10.4. The second kappa shape index (κ2) is 5.88. The normalized spacial score (nSPS) is 10.3. The van der Waals surface area contributed by atoms with E-state index in [0.717, 1.165) is 31.2 Å². The average Bonchev–Trinajstić information content (AvgIpc) is 2.65. The van der Waals surface area contributed by atoms with Crippen molar-refractivity contribution in [2.24, 2.45) is 0 Å². The van der Waals surface area contributed by atoms with Crippen molar-refractivity contribution in [2.75, 3.05) is 31.6 Å². The molecule has 0 saturated carbocycles. The largest absolute Gasteiger partial charge is 0.345 e. The maximum absolute atomic E-state index is 4.05. The van der Waals surface area contributed by atoms with E-state index in [4.69, 9.17) is 0 Å². The van der Waals surface area contributed by atoms with E-state index in [1.165, 1.54) is 0 Å². The first-order valence-corrected chi connectivity index (χ1v) is 5.42. The molecule has 0 fully saturated rings. The van der Waals surface area contributed by atoms with Crippen LogP contribution in [0.15, 0.2) is 5.51 Å². The lowest BCUT2D eigenvalue weighted by Gasteiger charge is -2.19. The molecule has 0 atom stereocenters. The molecule has 0 radical (unpaired) electrons. The fourth-order valence-electron chi connectivity index (χ4n) is 1.12. The fourth-order valence-corrected chi connectivity index (χ4v) is 1.74. The van der Waals surface area contributed by atoms with E-state index in [1.807, 2.05) is 7.05 Å². The van der Waals surface area contributed by atoms with Gasteiger partial charge in [-0.3, -0.25) is 0 Å². The summed E-state index contributed by atoms with van der Waals surface area (Å²) in [6.07, 6.45) is 1.14. The number of likely N-dealkylation sites (N-methyl/N-ethyl adjacent to an activating group) is 1. The number of nitrogens with zero attached hydrogens (tertiary/aromatic N) is 3. The molecular formula is C8H16N4S. The van der Waals surface area contributed by atoms with E-state index in [0.29, 0.717) is 0 Å². The summed E-state index contributed by atoms with van der Waals surface area (Å²) < 4.78 is 0. The van der Waals surface area contributed by atoms with E-state index in [9.17, 15) is 0 Å². The fraction of sp³-hybridized carbons (Fsp3) is 0.750. The maximum atomic E-state index is 4.05. The third-order valence-electron chi connectivity index (χ3n) is 1.74. The monoisotopic (exact) mass is 200 g/mol. The second-order valence-electron chi connectivity index (χ2n) is 2.81. The Morgan fingerprint density at radius 2 is 2.38 bits per heavy atom. The Hall–Kier alpha value is -0.680. The first kappa shape index (κ1) is 10.4. The molecule has 1 rings (SSSR count). The lowest BCUT2D eigenvalue weighted by molar-refractivity contribution is 0.705. The summed E-state index contributed by atoms with van der Waals surface area (Å²) in [5.41, 5.74) is 1.78. The topological polar surface area (TPSA) is 41.0 Å². The first-order chi connectivity index (χ1) is 6.38. The number of hydrogen-bond donors (Lipinski definition) is 1. The van der Waals surface area contributed by atoms with Gasteiger partial charge in [0.15, 0.2) is 0 Å². The first-order valence-electron chi connectivity index (χ1n) is 4.54. The zero-order chi connectivity index (χ0) is 9.52. The molecule has 0 amide bonds. The van der Waals surface area contributed by atoms with Crippen LogP contribution in [0.4, 0.5) is 5.13 Å². The van der Waals surface area contributed by atoms with Gasteiger partial charge < -0.3 is 10.2 Å². The zero-order valence-electron chi connectivity index (χ0n) is 8.16. The van der Waals surface area contributed by atoms with Gasteiger partial charge in [-0.15, -0.1) is 10.2 Å². The minimum absolute atomic E-state index is 0.986. The molecular weight excluding hydrogens is 184 g/mol. The molecule has 0 unspecified atom stereocenters. The molecule has 74 valence electrons. The number of hydrogen-bond acceptors (Lipinski definition) is 5. The van der Waals surface area contributed by atoms with Crippen LogP contribution in [0.25, 0.3) is 0 Å². The summed E-state index contributed by atoms with van der Waals surface area (Å²) in [4.78, 5) is 2.26. The van der Waals surface area contributed by atoms with Crippen LogP contribution in [-0.4, -0.2) is 36.9 Å². The van der Waals surface area contributed by atoms with E-state index in [1.54, 1.807) is 16.8 Å². The van der Waals surface area contributed by atoms with Crippen molar-refractivity contribution in [1.82, 2.24) is 15.5 Å². The van der Waals surface area contributed by atoms with Gasteiger partial charge in [-0.05, 0) is 13.5 Å². The van der Waals surface area contributed by atoms with Gasteiger partial charge in [0.1, 0.15) is 5.51 Å². The Morgan fingerprint density at radius 1 is 1.54 bits per heavy atom. The highest BCUT2D eigenvalue weighted by Crippen LogP contribution is 2.14. The second-order valence-corrected chi connectivity index (χ2v) is 3.62. The van der Waals surface area contributed by atoms with Crippen molar-refractivity contribution >= 4 is 16.5 Å². The Morgan fingerprint density at radius 3 is 2.92 bits per heavy atom. The van der Waals surface area contributed by atoms with Crippen molar-refractivity contribution in [3.63, 3.8) is 0 Å². The summed E-state index contributed by atoms with van der Waals surface area (Å²) in [7, 11) is 1.96. The molecule has 13 heavy (non-hydrogen) atoms. The smallest absolute Gasteiger partial charge is 0.208 e. The number of nitrogens with one attached hydrogen (secondary N) is 1. The van der Waals surface area contributed by atoms with Gasteiger partial charge in [0.05, 0.1) is 0 Å². The summed E-state index contributed by atoms with van der Waals surface area (Å²) in [5, 5.41) is 12.1. The van der Waals surface area contributed by atoms with Crippen LogP contribution in [0, 0.1) is 0 Å². The molecule has 0 saturated heterocycles. The molecule has 0 bridgehead atoms. The quantitative estimate of drug-likeness (QED) is 0.743. The Balaban J connectivity index is 2.47. The van der Waals surface area contributed by atoms with E-state index < -0.39 is 0 Å². The van der Waals surface area contributed by atoms with Crippen LogP contribution in [0.3, 0.4) is 0 Å². The van der Waals surface area contributed by atoms with Crippen LogP contribution in [-0.2, 0) is 0 Å². The highest BCUT2D eigenvalue weighted by atomic mass is 32.1. The Kier molecular flexibility index (Phi) is 4.70. The van der Waals surface area contributed by atoms with Crippen LogP contribution in [0.2, 0.25) is 0 Å². The molecule has 1 aromatic rings. The number of aromatic nitrogens is 2. The van der Waals surface area contributed by atoms with Crippen molar-refractivity contribution in [3.8, 4) is 0 Å². The lowest BCUT2D eigenvalue weighted by Crippen LogP contribution is -2.31. The molecule has 0 spiro atoms. The zero-order valence-corrected chi connectivity index (χ0v) is 8.97. The average molecular weight is 200 g/mol. The number of rotatable bonds is 6. The molecule has 4 nitrogen and oxygen atoms in total. The van der Waals surface area contributed by atoms with Gasteiger partial charge in [0.2, 0.25) is 5.13 Å². The molecule has 0 aliphatic carbocycles. The molecule has 1 aromatic heterocycles. The van der Waals surface area contributed by atoms with Crippen LogP contribution in [0.5, 0.6) is 0 Å². The van der Waals surface area contributed by atoms with Crippen molar-refractivity contribution in [3.05, 3.63) is 5.51 Å². The molecule has 0 aliphatic heterocycles. The van der Waals surface area contributed by atoms with E-state index >= 15 is 0 Å². The third kappa shape index (κ3) is 3.28. The predicted molar refractivity (Wildman–Crippen MR) is 56.3 cm³/mol. The Labute approximate surface area is 83.0 Å². The molecule has 5 heteroatoms. The molecule has 0 aromatic carbocycles. The van der Waals surface area contributed by atoms with Crippen LogP contribution in [0.1, 0.15) is 13.3 Å². The van der Waals surface area contributed by atoms with Gasteiger partial charge in [-0.1, -0.05) is 18.3 Å². The van der Waals surface area contributed by atoms with E-state index in [-0.39, 0.29) is 0 Å². The van der Waals surface area contributed by atoms with Gasteiger partial charge in [0.25, 0.3) is 0 Å². The third-order valence-corrected chi connectivity index (χ3v) is 2.49. The predicted octanol–water partition coefficient (Wildman–Crippen LogP) is 0.974. The molecule has 1 heterocycles. The highest BCUT2D eigenvalue weighted by Gasteiger charge is 2.07. The van der Waals surface area contributed by atoms with E-state index in [2.05, 4.69) is 27.3 Å². The Bertz CT molecular complexity index is 212. The summed E-state index contributed by atoms with van der Waals surface area (Å²) in [6.45, 7) is 5.21. The SMILES string of the molecule is CCCN(CCNC)c1nncs1. The van der Waals surface area contributed by atoms with Crippen molar-refractivity contribution in [2.45, 2.75) is 13.3 Å². The molecule has 1 N–H and O–H groups in total. The summed E-state index contributed by atoms with van der Waals surface area (Å²) in [6, 6.07) is 0. The molecule has 0 aliphatic rings. The minimum atomic E-state index is 0.986. The van der Waals surface area contributed by atoms with Crippen molar-refractivity contribution in [1.29, 1.82) is 0 Å². The highest BCUT2D eigenvalue weighted by molar-refractivity contribution is 7.13. The van der Waals surface area contributed by atoms with Crippen LogP contribution >= 0.6 is 11.3 Å². The van der Waals surface area contributed by atoms with Crippen molar-refractivity contribution < 1.29 is 0 Å². The van der Waals surface area contributed by atoms with Gasteiger partial charge in [0, 0.05) is 19.6 Å².